The van der Waals surface area contributed by atoms with Crippen molar-refractivity contribution in [3.05, 3.63) is 17.3 Å². The number of nitrogens with zero attached hydrogens (tertiary/aromatic N) is 1. The lowest BCUT2D eigenvalue weighted by Gasteiger charge is -2.17. The molecule has 0 fully saturated rings. The van der Waals surface area contributed by atoms with E-state index in [1.54, 1.807) is 12.3 Å². The van der Waals surface area contributed by atoms with Crippen LogP contribution in [0.4, 0.5) is 11.5 Å². The molecule has 1 unspecified atom stereocenters. The third-order valence-corrected chi connectivity index (χ3v) is 2.62. The molecule has 15 heavy (non-hydrogen) atoms. The minimum Gasteiger partial charge on any atom is -0.397 e. The van der Waals surface area contributed by atoms with E-state index in [1.165, 1.54) is 0 Å². The summed E-state index contributed by atoms with van der Waals surface area (Å²) in [5.74, 6) is 0.728. The molecule has 0 bridgehead atoms. The van der Waals surface area contributed by atoms with Crippen LogP contribution in [0, 0.1) is 0 Å². The van der Waals surface area contributed by atoms with Crippen LogP contribution in [0.3, 0.4) is 0 Å². The normalized spacial score (nSPS) is 12.5. The van der Waals surface area contributed by atoms with E-state index in [0.717, 1.165) is 25.1 Å². The van der Waals surface area contributed by atoms with Gasteiger partial charge in [-0.05, 0) is 18.9 Å². The zero-order valence-electron chi connectivity index (χ0n) is 9.26. The van der Waals surface area contributed by atoms with Gasteiger partial charge in [-0.25, -0.2) is 4.98 Å². The summed E-state index contributed by atoms with van der Waals surface area (Å²) in [7, 11) is 0. The molecule has 0 saturated carbocycles. The third-order valence-electron chi connectivity index (χ3n) is 2.33. The molecule has 0 aliphatic rings. The quantitative estimate of drug-likeness (QED) is 0.812. The Labute approximate surface area is 96.0 Å². The largest absolute Gasteiger partial charge is 0.397 e. The van der Waals surface area contributed by atoms with Crippen molar-refractivity contribution in [1.29, 1.82) is 0 Å². The van der Waals surface area contributed by atoms with Crippen molar-refractivity contribution in [2.75, 3.05) is 11.1 Å². The van der Waals surface area contributed by atoms with Gasteiger partial charge in [0.05, 0.1) is 16.9 Å². The van der Waals surface area contributed by atoms with Gasteiger partial charge in [0.2, 0.25) is 0 Å². The lowest BCUT2D eigenvalue weighted by Crippen LogP contribution is -2.19. The lowest BCUT2D eigenvalue weighted by atomic mass is 10.1. The molecule has 0 aromatic carbocycles. The Morgan fingerprint density at radius 1 is 1.53 bits per heavy atom. The van der Waals surface area contributed by atoms with E-state index in [-0.39, 0.29) is 0 Å². The van der Waals surface area contributed by atoms with E-state index in [0.29, 0.717) is 16.8 Å². The van der Waals surface area contributed by atoms with Crippen LogP contribution in [0.1, 0.15) is 33.1 Å². The molecule has 1 rings (SSSR count). The molecule has 0 saturated heterocycles. The minimum absolute atomic E-state index is 0.434. The summed E-state index contributed by atoms with van der Waals surface area (Å²) in [6.07, 6.45) is 4.96. The Morgan fingerprint density at radius 2 is 2.27 bits per heavy atom. The predicted octanol–water partition coefficient (Wildman–Crippen LogP) is 3.31. The number of nitrogens with one attached hydrogen (secondary N) is 1. The monoisotopic (exact) mass is 227 g/mol. The maximum absolute atomic E-state index is 6.03. The van der Waals surface area contributed by atoms with Crippen molar-refractivity contribution in [3.8, 4) is 0 Å². The first-order valence-corrected chi connectivity index (χ1v) is 5.72. The van der Waals surface area contributed by atoms with Crippen LogP contribution in [0.15, 0.2) is 12.3 Å². The topological polar surface area (TPSA) is 50.9 Å². The van der Waals surface area contributed by atoms with Crippen LogP contribution in [0.2, 0.25) is 5.02 Å². The van der Waals surface area contributed by atoms with Crippen molar-refractivity contribution in [2.24, 2.45) is 0 Å². The fourth-order valence-corrected chi connectivity index (χ4v) is 1.71. The molecule has 0 amide bonds. The Bertz CT molecular complexity index is 315. The van der Waals surface area contributed by atoms with E-state index in [9.17, 15) is 0 Å². The maximum Gasteiger partial charge on any atom is 0.145 e. The van der Waals surface area contributed by atoms with Gasteiger partial charge in [0.25, 0.3) is 0 Å². The summed E-state index contributed by atoms with van der Waals surface area (Å²) in [4.78, 5) is 4.18. The SMILES string of the molecule is CCCC(CC)Nc1ncc(N)cc1Cl. The second kappa shape index (κ2) is 5.81. The van der Waals surface area contributed by atoms with Crippen molar-refractivity contribution < 1.29 is 0 Å². The van der Waals surface area contributed by atoms with Gasteiger partial charge in [-0.15, -0.1) is 0 Å². The fourth-order valence-electron chi connectivity index (χ4n) is 1.48. The van der Waals surface area contributed by atoms with Gasteiger partial charge in [-0.3, -0.25) is 0 Å². The zero-order valence-corrected chi connectivity index (χ0v) is 10.0. The standard InChI is InChI=1S/C11H18ClN3/c1-3-5-9(4-2)15-11-10(12)6-8(13)7-14-11/h6-7,9H,3-5,13H2,1-2H3,(H,14,15). The number of hydrogen-bond acceptors (Lipinski definition) is 3. The number of hydrogen-bond donors (Lipinski definition) is 2. The van der Waals surface area contributed by atoms with Crippen LogP contribution in [-0.2, 0) is 0 Å². The molecule has 1 aromatic heterocycles. The summed E-state index contributed by atoms with van der Waals surface area (Å²) >= 11 is 6.03. The number of nitrogens with two attached hydrogens (primary N) is 1. The summed E-state index contributed by atoms with van der Waals surface area (Å²) in [6, 6.07) is 2.15. The highest BCUT2D eigenvalue weighted by Crippen LogP contribution is 2.22. The van der Waals surface area contributed by atoms with Crippen molar-refractivity contribution in [2.45, 2.75) is 39.2 Å². The number of pyridine rings is 1. The van der Waals surface area contributed by atoms with Crippen molar-refractivity contribution in [3.63, 3.8) is 0 Å². The average molecular weight is 228 g/mol. The number of nitrogen functional groups attached to an aromatic ring is 1. The van der Waals surface area contributed by atoms with E-state index >= 15 is 0 Å². The van der Waals surface area contributed by atoms with E-state index in [2.05, 4.69) is 24.1 Å². The summed E-state index contributed by atoms with van der Waals surface area (Å²) < 4.78 is 0. The van der Waals surface area contributed by atoms with Gasteiger partial charge in [0.1, 0.15) is 5.82 Å². The Morgan fingerprint density at radius 3 is 2.80 bits per heavy atom. The summed E-state index contributed by atoms with van der Waals surface area (Å²) in [6.45, 7) is 4.32. The first-order valence-electron chi connectivity index (χ1n) is 5.34. The smallest absolute Gasteiger partial charge is 0.145 e. The van der Waals surface area contributed by atoms with Gasteiger partial charge >= 0.3 is 0 Å². The number of halogens is 1. The van der Waals surface area contributed by atoms with Crippen LogP contribution in [0.25, 0.3) is 0 Å². The average Bonchev–Trinajstić information content (AvgIpc) is 2.21. The van der Waals surface area contributed by atoms with Crippen molar-refractivity contribution in [1.82, 2.24) is 4.98 Å². The van der Waals surface area contributed by atoms with Crippen LogP contribution in [-0.4, -0.2) is 11.0 Å². The fraction of sp³-hybridized carbons (Fsp3) is 0.545. The number of rotatable bonds is 5. The van der Waals surface area contributed by atoms with E-state index in [4.69, 9.17) is 17.3 Å². The number of aromatic nitrogens is 1. The molecule has 0 radical (unpaired) electrons. The molecular formula is C11H18ClN3. The first kappa shape index (κ1) is 12.1. The van der Waals surface area contributed by atoms with E-state index in [1.807, 2.05) is 0 Å². The Kier molecular flexibility index (Phi) is 4.69. The zero-order chi connectivity index (χ0) is 11.3. The van der Waals surface area contributed by atoms with Gasteiger partial charge in [0.15, 0.2) is 0 Å². The molecule has 0 aliphatic carbocycles. The Balaban J connectivity index is 2.70. The molecule has 1 atom stereocenters. The van der Waals surface area contributed by atoms with Crippen LogP contribution >= 0.6 is 11.6 Å². The van der Waals surface area contributed by atoms with Crippen LogP contribution in [0.5, 0.6) is 0 Å². The van der Waals surface area contributed by atoms with Gasteiger partial charge in [0, 0.05) is 6.04 Å². The molecule has 0 aliphatic heterocycles. The van der Waals surface area contributed by atoms with Crippen LogP contribution < -0.4 is 11.1 Å². The highest BCUT2D eigenvalue weighted by Gasteiger charge is 2.08. The maximum atomic E-state index is 6.03. The minimum atomic E-state index is 0.434. The van der Waals surface area contributed by atoms with Gasteiger partial charge < -0.3 is 11.1 Å². The van der Waals surface area contributed by atoms with Gasteiger partial charge in [-0.1, -0.05) is 31.9 Å². The third kappa shape index (κ3) is 3.59. The molecule has 4 heteroatoms. The van der Waals surface area contributed by atoms with E-state index < -0.39 is 0 Å². The van der Waals surface area contributed by atoms with Gasteiger partial charge in [-0.2, -0.15) is 0 Å². The lowest BCUT2D eigenvalue weighted by molar-refractivity contribution is 0.620. The molecule has 84 valence electrons. The number of anilines is 2. The second-order valence-electron chi connectivity index (χ2n) is 3.64. The molecule has 3 nitrogen and oxygen atoms in total. The molecule has 3 N–H and O–H groups in total. The molecular weight excluding hydrogens is 210 g/mol. The Hall–Kier alpha value is -0.960. The summed E-state index contributed by atoms with van der Waals surface area (Å²) in [5, 5.41) is 3.91. The molecule has 0 spiro atoms. The highest BCUT2D eigenvalue weighted by atomic mass is 35.5. The molecule has 1 aromatic rings. The predicted molar refractivity (Wildman–Crippen MR) is 66.3 cm³/mol. The summed E-state index contributed by atoms with van der Waals surface area (Å²) in [5.41, 5.74) is 6.17. The second-order valence-corrected chi connectivity index (χ2v) is 4.04. The molecule has 1 heterocycles. The first-order chi connectivity index (χ1) is 7.17. The van der Waals surface area contributed by atoms with Crippen molar-refractivity contribution >= 4 is 23.1 Å². The highest BCUT2D eigenvalue weighted by molar-refractivity contribution is 6.33.